The van der Waals surface area contributed by atoms with Crippen LogP contribution >= 0.6 is 0 Å². The van der Waals surface area contributed by atoms with Crippen molar-refractivity contribution in [3.05, 3.63) is 18.0 Å². The summed E-state index contributed by atoms with van der Waals surface area (Å²) in [5.41, 5.74) is 1.49. The van der Waals surface area contributed by atoms with Gasteiger partial charge >= 0.3 is 5.97 Å². The summed E-state index contributed by atoms with van der Waals surface area (Å²) in [5.74, 6) is -0.963. The Kier molecular flexibility index (Phi) is 3.31. The SMILES string of the molecule is Cn1ncc2c(NC3(C)CCCCC3)c(C(=O)O)cnc21. The maximum Gasteiger partial charge on any atom is 0.339 e. The van der Waals surface area contributed by atoms with Gasteiger partial charge in [0.25, 0.3) is 0 Å². The van der Waals surface area contributed by atoms with Gasteiger partial charge in [0.2, 0.25) is 0 Å². The number of aromatic carboxylic acids is 1. The molecular formula is C15H20N4O2. The first-order valence-corrected chi connectivity index (χ1v) is 7.32. The number of hydrogen-bond donors (Lipinski definition) is 2. The Bertz CT molecular complexity index is 686. The van der Waals surface area contributed by atoms with E-state index in [9.17, 15) is 9.90 Å². The van der Waals surface area contributed by atoms with Crippen LogP contribution in [0.1, 0.15) is 49.4 Å². The highest BCUT2D eigenvalue weighted by Gasteiger charge is 2.29. The van der Waals surface area contributed by atoms with Gasteiger partial charge in [0.1, 0.15) is 5.56 Å². The van der Waals surface area contributed by atoms with Crippen molar-refractivity contribution in [2.45, 2.75) is 44.6 Å². The Hall–Kier alpha value is -2.11. The number of hydrogen-bond acceptors (Lipinski definition) is 4. The lowest BCUT2D eigenvalue weighted by molar-refractivity contribution is 0.0697. The number of carboxylic acids is 1. The van der Waals surface area contributed by atoms with Crippen molar-refractivity contribution >= 4 is 22.7 Å². The lowest BCUT2D eigenvalue weighted by Crippen LogP contribution is -2.37. The van der Waals surface area contributed by atoms with Crippen LogP contribution in [0.25, 0.3) is 11.0 Å². The molecule has 6 heteroatoms. The van der Waals surface area contributed by atoms with Crippen LogP contribution in [0.4, 0.5) is 5.69 Å². The quantitative estimate of drug-likeness (QED) is 0.907. The average Bonchev–Trinajstić information content (AvgIpc) is 2.81. The minimum absolute atomic E-state index is 0.0629. The molecule has 0 aromatic carbocycles. The smallest absolute Gasteiger partial charge is 0.339 e. The molecule has 112 valence electrons. The number of fused-ring (bicyclic) bond motifs is 1. The molecular weight excluding hydrogens is 268 g/mol. The van der Waals surface area contributed by atoms with Crippen LogP contribution in [0, 0.1) is 0 Å². The minimum Gasteiger partial charge on any atom is -0.478 e. The molecule has 2 heterocycles. The predicted molar refractivity (Wildman–Crippen MR) is 80.6 cm³/mol. The minimum atomic E-state index is -0.963. The molecule has 0 amide bonds. The molecule has 0 radical (unpaired) electrons. The van der Waals surface area contributed by atoms with Gasteiger partial charge in [-0.15, -0.1) is 0 Å². The predicted octanol–water partition coefficient (Wildman–Crippen LogP) is 2.80. The van der Waals surface area contributed by atoms with E-state index in [2.05, 4.69) is 22.3 Å². The molecule has 2 N–H and O–H groups in total. The number of anilines is 1. The van der Waals surface area contributed by atoms with Crippen molar-refractivity contribution in [3.63, 3.8) is 0 Å². The van der Waals surface area contributed by atoms with Crippen LogP contribution < -0.4 is 5.32 Å². The highest BCUT2D eigenvalue weighted by Crippen LogP contribution is 2.35. The second kappa shape index (κ2) is 5.02. The molecule has 6 nitrogen and oxygen atoms in total. The van der Waals surface area contributed by atoms with Crippen LogP contribution in [-0.2, 0) is 7.05 Å². The van der Waals surface area contributed by atoms with Crippen molar-refractivity contribution in [2.75, 3.05) is 5.32 Å². The number of carboxylic acid groups (broad SMARTS) is 1. The first-order chi connectivity index (χ1) is 10.0. The third-order valence-electron chi connectivity index (χ3n) is 4.38. The van der Waals surface area contributed by atoms with Crippen molar-refractivity contribution in [3.8, 4) is 0 Å². The van der Waals surface area contributed by atoms with E-state index in [1.165, 1.54) is 25.5 Å². The maximum absolute atomic E-state index is 11.5. The van der Waals surface area contributed by atoms with Gasteiger partial charge in [-0.2, -0.15) is 5.10 Å². The fourth-order valence-corrected chi connectivity index (χ4v) is 3.15. The maximum atomic E-state index is 11.5. The van der Waals surface area contributed by atoms with E-state index in [0.29, 0.717) is 11.3 Å². The van der Waals surface area contributed by atoms with Gasteiger partial charge < -0.3 is 10.4 Å². The lowest BCUT2D eigenvalue weighted by Gasteiger charge is -2.36. The topological polar surface area (TPSA) is 80.0 Å². The van der Waals surface area contributed by atoms with E-state index >= 15 is 0 Å². The molecule has 1 saturated carbocycles. The van der Waals surface area contributed by atoms with Gasteiger partial charge in [0.05, 0.1) is 17.3 Å². The summed E-state index contributed by atoms with van der Waals surface area (Å²) in [4.78, 5) is 15.7. The normalized spacial score (nSPS) is 17.8. The molecule has 21 heavy (non-hydrogen) atoms. The van der Waals surface area contributed by atoms with Crippen LogP contribution in [-0.4, -0.2) is 31.4 Å². The lowest BCUT2D eigenvalue weighted by atomic mass is 9.83. The Balaban J connectivity index is 2.09. The Labute approximate surface area is 123 Å². The average molecular weight is 288 g/mol. The highest BCUT2D eigenvalue weighted by molar-refractivity contribution is 6.03. The summed E-state index contributed by atoms with van der Waals surface area (Å²) in [6.45, 7) is 2.17. The Morgan fingerprint density at radius 3 is 2.71 bits per heavy atom. The van der Waals surface area contributed by atoms with E-state index in [1.807, 2.05) is 7.05 Å². The van der Waals surface area contributed by atoms with Crippen molar-refractivity contribution in [2.24, 2.45) is 7.05 Å². The third kappa shape index (κ3) is 2.46. The summed E-state index contributed by atoms with van der Waals surface area (Å²) in [6.07, 6.45) is 8.80. The molecule has 2 aromatic heterocycles. The second-order valence-electron chi connectivity index (χ2n) is 6.10. The van der Waals surface area contributed by atoms with Gasteiger partial charge in [-0.05, 0) is 19.8 Å². The first-order valence-electron chi connectivity index (χ1n) is 7.32. The van der Waals surface area contributed by atoms with E-state index in [1.54, 1.807) is 10.9 Å². The number of carbonyl (C=O) groups is 1. The van der Waals surface area contributed by atoms with Gasteiger partial charge in [-0.3, -0.25) is 4.68 Å². The van der Waals surface area contributed by atoms with Crippen LogP contribution in [0.3, 0.4) is 0 Å². The first kappa shape index (κ1) is 13.9. The zero-order valence-electron chi connectivity index (χ0n) is 12.4. The number of nitrogens with zero attached hydrogens (tertiary/aromatic N) is 3. The summed E-state index contributed by atoms with van der Waals surface area (Å²) in [5, 5.41) is 17.9. The summed E-state index contributed by atoms with van der Waals surface area (Å²) < 4.78 is 1.66. The van der Waals surface area contributed by atoms with Gasteiger partial charge in [0, 0.05) is 18.8 Å². The van der Waals surface area contributed by atoms with Gasteiger partial charge in [0.15, 0.2) is 5.65 Å². The summed E-state index contributed by atoms with van der Waals surface area (Å²) in [7, 11) is 1.81. The monoisotopic (exact) mass is 288 g/mol. The number of pyridine rings is 1. The molecule has 0 aliphatic heterocycles. The molecule has 0 unspecified atom stereocenters. The molecule has 1 aliphatic rings. The van der Waals surface area contributed by atoms with Crippen LogP contribution in [0.15, 0.2) is 12.4 Å². The van der Waals surface area contributed by atoms with Crippen LogP contribution in [0.5, 0.6) is 0 Å². The van der Waals surface area contributed by atoms with Crippen molar-refractivity contribution in [1.82, 2.24) is 14.8 Å². The second-order valence-corrected chi connectivity index (χ2v) is 6.10. The fraction of sp³-hybridized carbons (Fsp3) is 0.533. The molecule has 2 aromatic rings. The van der Waals surface area contributed by atoms with E-state index < -0.39 is 5.97 Å². The van der Waals surface area contributed by atoms with E-state index in [0.717, 1.165) is 18.2 Å². The molecule has 3 rings (SSSR count). The Morgan fingerprint density at radius 1 is 1.33 bits per heavy atom. The summed E-state index contributed by atoms with van der Waals surface area (Å²) in [6, 6.07) is 0. The van der Waals surface area contributed by atoms with E-state index in [4.69, 9.17) is 0 Å². The fourth-order valence-electron chi connectivity index (χ4n) is 3.15. The molecule has 0 bridgehead atoms. The standard InChI is InChI=1S/C15H20N4O2/c1-15(6-4-3-5-7-15)18-12-10-9-17-19(2)13(10)16-8-11(12)14(20)21/h8-9H,3-7H2,1-2H3,(H,16,18)(H,20,21). The molecule has 0 atom stereocenters. The largest absolute Gasteiger partial charge is 0.478 e. The summed E-state index contributed by atoms with van der Waals surface area (Å²) >= 11 is 0. The van der Waals surface area contributed by atoms with Gasteiger partial charge in [-0.25, -0.2) is 9.78 Å². The number of nitrogens with one attached hydrogen (secondary N) is 1. The third-order valence-corrected chi connectivity index (χ3v) is 4.38. The number of rotatable bonds is 3. The zero-order chi connectivity index (χ0) is 15.0. The van der Waals surface area contributed by atoms with Gasteiger partial charge in [-0.1, -0.05) is 19.3 Å². The number of aromatic nitrogens is 3. The molecule has 0 spiro atoms. The highest BCUT2D eigenvalue weighted by atomic mass is 16.4. The molecule has 1 aliphatic carbocycles. The molecule has 0 saturated heterocycles. The van der Waals surface area contributed by atoms with Crippen LogP contribution in [0.2, 0.25) is 0 Å². The van der Waals surface area contributed by atoms with Crippen molar-refractivity contribution < 1.29 is 9.90 Å². The number of aryl methyl sites for hydroxylation is 1. The Morgan fingerprint density at radius 2 is 2.05 bits per heavy atom. The van der Waals surface area contributed by atoms with E-state index in [-0.39, 0.29) is 11.1 Å². The molecule has 1 fully saturated rings. The zero-order valence-corrected chi connectivity index (χ0v) is 12.4. The van der Waals surface area contributed by atoms with Crippen molar-refractivity contribution in [1.29, 1.82) is 0 Å².